The number of benzene rings is 1. The molecule has 1 aromatic heterocycles. The van der Waals surface area contributed by atoms with Crippen molar-refractivity contribution in [2.45, 2.75) is 0 Å². The van der Waals surface area contributed by atoms with Crippen LogP contribution in [0.4, 0.5) is 17.3 Å². The van der Waals surface area contributed by atoms with E-state index in [0.717, 1.165) is 5.69 Å². The third kappa shape index (κ3) is 2.14. The molecule has 0 unspecified atom stereocenters. The summed E-state index contributed by atoms with van der Waals surface area (Å²) in [5.74, 6) is 0.0938. The van der Waals surface area contributed by atoms with Crippen LogP contribution in [0.15, 0.2) is 36.5 Å². The third-order valence-electron chi connectivity index (χ3n) is 1.83. The average molecular weight is 202 g/mol. The molecule has 0 saturated heterocycles. The van der Waals surface area contributed by atoms with Crippen molar-refractivity contribution in [3.8, 4) is 5.88 Å². The minimum atomic E-state index is -0.219. The van der Waals surface area contributed by atoms with Crippen LogP contribution in [0.1, 0.15) is 0 Å². The van der Waals surface area contributed by atoms with E-state index in [1.165, 1.54) is 6.20 Å². The number of nitrogens with two attached hydrogens (primary N) is 1. The molecule has 76 valence electrons. The molecule has 2 aromatic rings. The normalized spacial score (nSPS) is 9.87. The van der Waals surface area contributed by atoms with Crippen LogP contribution in [0.3, 0.4) is 0 Å². The minimum Gasteiger partial charge on any atom is -0.492 e. The van der Waals surface area contributed by atoms with Crippen molar-refractivity contribution in [2.75, 3.05) is 11.1 Å². The van der Waals surface area contributed by atoms with Gasteiger partial charge >= 0.3 is 0 Å². The number of hydrogen-bond acceptors (Lipinski definition) is 5. The van der Waals surface area contributed by atoms with Crippen LogP contribution in [0.2, 0.25) is 0 Å². The maximum absolute atomic E-state index is 9.26. The Morgan fingerprint density at radius 3 is 2.60 bits per heavy atom. The van der Waals surface area contributed by atoms with E-state index in [4.69, 9.17) is 5.73 Å². The Morgan fingerprint density at radius 2 is 1.93 bits per heavy atom. The van der Waals surface area contributed by atoms with Gasteiger partial charge in [0.25, 0.3) is 0 Å². The molecular formula is C10H10N4O. The molecule has 15 heavy (non-hydrogen) atoms. The lowest BCUT2D eigenvalue weighted by Gasteiger charge is -2.04. The van der Waals surface area contributed by atoms with Gasteiger partial charge in [-0.2, -0.15) is 4.98 Å². The monoisotopic (exact) mass is 202 g/mol. The number of nitrogens with zero attached hydrogens (tertiary/aromatic N) is 2. The molecule has 0 bridgehead atoms. The number of anilines is 3. The molecule has 0 spiro atoms. The summed E-state index contributed by atoms with van der Waals surface area (Å²) in [6.45, 7) is 0. The Labute approximate surface area is 86.6 Å². The molecule has 0 fully saturated rings. The first-order chi connectivity index (χ1) is 7.25. The minimum absolute atomic E-state index is 0.161. The molecule has 0 radical (unpaired) electrons. The molecule has 0 aliphatic rings. The van der Waals surface area contributed by atoms with E-state index in [1.54, 1.807) is 0 Å². The van der Waals surface area contributed by atoms with E-state index in [9.17, 15) is 5.11 Å². The van der Waals surface area contributed by atoms with Gasteiger partial charge < -0.3 is 16.2 Å². The van der Waals surface area contributed by atoms with Gasteiger partial charge in [-0.1, -0.05) is 18.2 Å². The van der Waals surface area contributed by atoms with Gasteiger partial charge in [-0.3, -0.25) is 0 Å². The lowest BCUT2D eigenvalue weighted by atomic mass is 10.3. The molecule has 0 amide bonds. The molecule has 2 rings (SSSR count). The van der Waals surface area contributed by atoms with Crippen LogP contribution >= 0.6 is 0 Å². The van der Waals surface area contributed by atoms with E-state index in [0.29, 0.717) is 5.95 Å². The van der Waals surface area contributed by atoms with Crippen LogP contribution < -0.4 is 11.1 Å². The number of nitrogen functional groups attached to an aromatic ring is 1. The number of aromatic nitrogens is 2. The van der Waals surface area contributed by atoms with Crippen LogP contribution in [0.25, 0.3) is 0 Å². The smallest absolute Gasteiger partial charge is 0.239 e. The largest absolute Gasteiger partial charge is 0.492 e. The highest BCUT2D eigenvalue weighted by molar-refractivity contribution is 5.55. The van der Waals surface area contributed by atoms with Crippen molar-refractivity contribution in [3.05, 3.63) is 36.5 Å². The predicted octanol–water partition coefficient (Wildman–Crippen LogP) is 1.51. The standard InChI is InChI=1S/C10H10N4O/c11-8-6-12-10(14-9(8)15)13-7-4-2-1-3-5-7/h1-6H,11H2,(H2,12,13,14,15). The molecule has 1 aromatic carbocycles. The van der Waals surface area contributed by atoms with Gasteiger partial charge in [-0.25, -0.2) is 4.98 Å². The quantitative estimate of drug-likeness (QED) is 0.687. The number of aromatic hydroxyl groups is 1. The molecular weight excluding hydrogens is 192 g/mol. The fourth-order valence-corrected chi connectivity index (χ4v) is 1.09. The zero-order valence-corrected chi connectivity index (χ0v) is 7.88. The summed E-state index contributed by atoms with van der Waals surface area (Å²) in [6.07, 6.45) is 1.35. The van der Waals surface area contributed by atoms with Crippen molar-refractivity contribution in [2.24, 2.45) is 0 Å². The second kappa shape index (κ2) is 3.83. The van der Waals surface area contributed by atoms with Gasteiger partial charge in [0.1, 0.15) is 5.69 Å². The molecule has 0 saturated carbocycles. The topological polar surface area (TPSA) is 84.1 Å². The highest BCUT2D eigenvalue weighted by atomic mass is 16.3. The number of hydrogen-bond donors (Lipinski definition) is 3. The molecule has 4 N–H and O–H groups in total. The molecule has 0 aliphatic heterocycles. The van der Waals surface area contributed by atoms with Crippen LogP contribution in [0.5, 0.6) is 5.88 Å². The Balaban J connectivity index is 2.22. The summed E-state index contributed by atoms with van der Waals surface area (Å²) in [7, 11) is 0. The number of para-hydroxylation sites is 1. The Kier molecular flexibility index (Phi) is 2.37. The Morgan fingerprint density at radius 1 is 1.20 bits per heavy atom. The summed E-state index contributed by atoms with van der Waals surface area (Å²) < 4.78 is 0. The van der Waals surface area contributed by atoms with E-state index in [1.807, 2.05) is 30.3 Å². The molecule has 1 heterocycles. The van der Waals surface area contributed by atoms with Gasteiger partial charge in [0.15, 0.2) is 0 Å². The molecule has 0 atom stereocenters. The average Bonchev–Trinajstić information content (AvgIpc) is 2.25. The van der Waals surface area contributed by atoms with Gasteiger partial charge in [-0.15, -0.1) is 0 Å². The number of rotatable bonds is 2. The highest BCUT2D eigenvalue weighted by Crippen LogP contribution is 2.18. The summed E-state index contributed by atoms with van der Waals surface area (Å²) in [5, 5.41) is 12.2. The van der Waals surface area contributed by atoms with Crippen LogP contribution in [-0.4, -0.2) is 15.1 Å². The van der Waals surface area contributed by atoms with E-state index < -0.39 is 0 Å². The van der Waals surface area contributed by atoms with Crippen molar-refractivity contribution < 1.29 is 5.11 Å². The van der Waals surface area contributed by atoms with Gasteiger partial charge in [0.05, 0.1) is 6.20 Å². The zero-order chi connectivity index (χ0) is 10.7. The van der Waals surface area contributed by atoms with Crippen molar-refractivity contribution in [1.29, 1.82) is 0 Å². The Hall–Kier alpha value is -2.30. The summed E-state index contributed by atoms with van der Waals surface area (Å²) in [4.78, 5) is 7.70. The van der Waals surface area contributed by atoms with E-state index in [-0.39, 0.29) is 11.6 Å². The van der Waals surface area contributed by atoms with Crippen molar-refractivity contribution in [1.82, 2.24) is 9.97 Å². The molecule has 5 heteroatoms. The lowest BCUT2D eigenvalue weighted by molar-refractivity contribution is 0.456. The SMILES string of the molecule is Nc1cnc(Nc2ccccc2)nc1O. The summed E-state index contributed by atoms with van der Waals surface area (Å²) in [5.41, 5.74) is 6.39. The highest BCUT2D eigenvalue weighted by Gasteiger charge is 2.01. The van der Waals surface area contributed by atoms with Gasteiger partial charge in [-0.05, 0) is 12.1 Å². The van der Waals surface area contributed by atoms with Gasteiger partial charge in [0.2, 0.25) is 11.8 Å². The van der Waals surface area contributed by atoms with Crippen LogP contribution in [-0.2, 0) is 0 Å². The first-order valence-electron chi connectivity index (χ1n) is 4.39. The number of nitrogens with one attached hydrogen (secondary N) is 1. The van der Waals surface area contributed by atoms with Crippen LogP contribution in [0, 0.1) is 0 Å². The first kappa shape index (κ1) is 9.26. The predicted molar refractivity (Wildman–Crippen MR) is 57.8 cm³/mol. The zero-order valence-electron chi connectivity index (χ0n) is 7.88. The van der Waals surface area contributed by atoms with Crippen molar-refractivity contribution in [3.63, 3.8) is 0 Å². The first-order valence-corrected chi connectivity index (χ1v) is 4.39. The summed E-state index contributed by atoms with van der Waals surface area (Å²) in [6, 6.07) is 9.43. The summed E-state index contributed by atoms with van der Waals surface area (Å²) >= 11 is 0. The fourth-order valence-electron chi connectivity index (χ4n) is 1.09. The molecule has 0 aliphatic carbocycles. The van der Waals surface area contributed by atoms with Gasteiger partial charge in [0, 0.05) is 5.69 Å². The maximum atomic E-state index is 9.26. The fraction of sp³-hybridized carbons (Fsp3) is 0. The Bertz CT molecular complexity index is 458. The maximum Gasteiger partial charge on any atom is 0.239 e. The third-order valence-corrected chi connectivity index (χ3v) is 1.83. The molecule has 5 nitrogen and oxygen atoms in total. The van der Waals surface area contributed by atoms with Crippen molar-refractivity contribution >= 4 is 17.3 Å². The van der Waals surface area contributed by atoms with E-state index in [2.05, 4.69) is 15.3 Å². The second-order valence-electron chi connectivity index (χ2n) is 2.96. The second-order valence-corrected chi connectivity index (χ2v) is 2.96. The van der Waals surface area contributed by atoms with E-state index >= 15 is 0 Å². The lowest BCUT2D eigenvalue weighted by Crippen LogP contribution is -1.98.